The fourth-order valence-electron chi connectivity index (χ4n) is 2.97. The predicted octanol–water partition coefficient (Wildman–Crippen LogP) is 4.86. The van der Waals surface area contributed by atoms with Crippen LogP contribution in [0.5, 0.6) is 0 Å². The standard InChI is InChI=1S/C21H20F3N3O/c1-3-27-19(16-10-7-11-17(12-16)21(22,23)24)13-18(25-27)20(28)26(2)14-15-8-5-4-6-9-15/h4-13H,3,14H2,1-2H3. The van der Waals surface area contributed by atoms with E-state index in [9.17, 15) is 18.0 Å². The monoisotopic (exact) mass is 387 g/mol. The Morgan fingerprint density at radius 1 is 1.07 bits per heavy atom. The van der Waals surface area contributed by atoms with Crippen LogP contribution in [0.3, 0.4) is 0 Å². The molecule has 4 nitrogen and oxygen atoms in total. The summed E-state index contributed by atoms with van der Waals surface area (Å²) in [4.78, 5) is 14.3. The molecule has 0 fully saturated rings. The second kappa shape index (κ2) is 7.88. The highest BCUT2D eigenvalue weighted by Crippen LogP contribution is 2.32. The van der Waals surface area contributed by atoms with Crippen molar-refractivity contribution in [1.82, 2.24) is 14.7 Å². The van der Waals surface area contributed by atoms with Crippen LogP contribution in [0.2, 0.25) is 0 Å². The largest absolute Gasteiger partial charge is 0.416 e. The second-order valence-electron chi connectivity index (χ2n) is 6.46. The van der Waals surface area contributed by atoms with Gasteiger partial charge in [-0.2, -0.15) is 18.3 Å². The Hall–Kier alpha value is -3.09. The number of rotatable bonds is 5. The van der Waals surface area contributed by atoms with Gasteiger partial charge in [0.1, 0.15) is 0 Å². The third-order valence-electron chi connectivity index (χ3n) is 4.39. The van der Waals surface area contributed by atoms with Crippen LogP contribution in [0.15, 0.2) is 60.7 Å². The number of amides is 1. The van der Waals surface area contributed by atoms with Gasteiger partial charge >= 0.3 is 6.18 Å². The van der Waals surface area contributed by atoms with Crippen molar-refractivity contribution >= 4 is 5.91 Å². The van der Waals surface area contributed by atoms with Crippen molar-refractivity contribution < 1.29 is 18.0 Å². The van der Waals surface area contributed by atoms with E-state index in [4.69, 9.17) is 0 Å². The van der Waals surface area contributed by atoms with E-state index in [1.54, 1.807) is 23.9 Å². The van der Waals surface area contributed by atoms with E-state index in [-0.39, 0.29) is 11.6 Å². The first-order valence-corrected chi connectivity index (χ1v) is 8.84. The minimum absolute atomic E-state index is 0.202. The average molecular weight is 387 g/mol. The summed E-state index contributed by atoms with van der Waals surface area (Å²) < 4.78 is 40.6. The van der Waals surface area contributed by atoms with E-state index < -0.39 is 11.7 Å². The van der Waals surface area contributed by atoms with Gasteiger partial charge < -0.3 is 4.90 Å². The maximum atomic E-state index is 13.0. The average Bonchev–Trinajstić information content (AvgIpc) is 3.12. The molecule has 0 aliphatic heterocycles. The van der Waals surface area contributed by atoms with Gasteiger partial charge in [0.25, 0.3) is 5.91 Å². The predicted molar refractivity (Wildman–Crippen MR) is 101 cm³/mol. The number of carbonyl (C=O) groups is 1. The smallest absolute Gasteiger partial charge is 0.336 e. The number of aryl methyl sites for hydroxylation is 1. The summed E-state index contributed by atoms with van der Waals surface area (Å²) in [6, 6.07) is 16.1. The molecule has 0 saturated carbocycles. The Kier molecular flexibility index (Phi) is 5.53. The van der Waals surface area contributed by atoms with Crippen LogP contribution in [0.4, 0.5) is 13.2 Å². The van der Waals surface area contributed by atoms with Crippen molar-refractivity contribution in [1.29, 1.82) is 0 Å². The van der Waals surface area contributed by atoms with Crippen molar-refractivity contribution in [3.63, 3.8) is 0 Å². The highest BCUT2D eigenvalue weighted by Gasteiger charge is 2.31. The maximum Gasteiger partial charge on any atom is 0.416 e. The highest BCUT2D eigenvalue weighted by molar-refractivity contribution is 5.93. The molecule has 0 spiro atoms. The molecule has 3 aromatic rings. The van der Waals surface area contributed by atoms with E-state index in [1.807, 2.05) is 37.3 Å². The minimum atomic E-state index is -4.43. The van der Waals surface area contributed by atoms with Crippen LogP contribution in [0, 0.1) is 0 Å². The van der Waals surface area contributed by atoms with Crippen molar-refractivity contribution in [3.8, 4) is 11.3 Å². The van der Waals surface area contributed by atoms with Crippen LogP contribution >= 0.6 is 0 Å². The number of aromatic nitrogens is 2. The number of halogens is 3. The molecular weight excluding hydrogens is 367 g/mol. The summed E-state index contributed by atoms with van der Waals surface area (Å²) in [7, 11) is 1.67. The van der Waals surface area contributed by atoms with Crippen LogP contribution in [-0.4, -0.2) is 27.6 Å². The number of hydrogen-bond acceptors (Lipinski definition) is 2. The molecule has 146 valence electrons. The molecule has 3 rings (SSSR count). The van der Waals surface area contributed by atoms with Crippen LogP contribution in [-0.2, 0) is 19.3 Å². The zero-order valence-corrected chi connectivity index (χ0v) is 15.6. The van der Waals surface area contributed by atoms with E-state index >= 15 is 0 Å². The van der Waals surface area contributed by atoms with Crippen LogP contribution in [0.1, 0.15) is 28.5 Å². The van der Waals surface area contributed by atoms with Crippen molar-refractivity contribution in [2.45, 2.75) is 26.2 Å². The summed E-state index contributed by atoms with van der Waals surface area (Å²) in [6.07, 6.45) is -4.43. The van der Waals surface area contributed by atoms with Gasteiger partial charge in [-0.1, -0.05) is 42.5 Å². The van der Waals surface area contributed by atoms with Gasteiger partial charge in [-0.25, -0.2) is 0 Å². The molecule has 0 aliphatic carbocycles. The van der Waals surface area contributed by atoms with Crippen molar-refractivity contribution in [3.05, 3.63) is 77.5 Å². The molecular formula is C21H20F3N3O. The summed E-state index contributed by atoms with van der Waals surface area (Å²) in [6.45, 7) is 2.67. The molecule has 1 heterocycles. The normalized spacial score (nSPS) is 11.5. The number of nitrogens with zero attached hydrogens (tertiary/aromatic N) is 3. The summed E-state index contributed by atoms with van der Waals surface area (Å²) in [5.74, 6) is -0.288. The lowest BCUT2D eigenvalue weighted by Crippen LogP contribution is -2.26. The lowest BCUT2D eigenvalue weighted by Gasteiger charge is -2.15. The second-order valence-corrected chi connectivity index (χ2v) is 6.46. The molecule has 0 radical (unpaired) electrons. The van der Waals surface area contributed by atoms with Gasteiger partial charge in [-0.15, -0.1) is 0 Å². The molecule has 1 aromatic heterocycles. The number of benzene rings is 2. The maximum absolute atomic E-state index is 13.0. The Balaban J connectivity index is 1.89. The molecule has 7 heteroatoms. The number of hydrogen-bond donors (Lipinski definition) is 0. The third-order valence-corrected chi connectivity index (χ3v) is 4.39. The zero-order chi connectivity index (χ0) is 20.3. The van der Waals surface area contributed by atoms with E-state index in [0.29, 0.717) is 24.3 Å². The molecule has 1 amide bonds. The van der Waals surface area contributed by atoms with E-state index in [1.165, 1.54) is 11.0 Å². The van der Waals surface area contributed by atoms with Gasteiger partial charge in [0.2, 0.25) is 0 Å². The van der Waals surface area contributed by atoms with Gasteiger partial charge in [0.15, 0.2) is 5.69 Å². The van der Waals surface area contributed by atoms with Crippen LogP contribution < -0.4 is 0 Å². The van der Waals surface area contributed by atoms with Crippen molar-refractivity contribution in [2.24, 2.45) is 0 Å². The molecule has 2 aromatic carbocycles. The third kappa shape index (κ3) is 4.24. The molecule has 0 atom stereocenters. The summed E-state index contributed by atoms with van der Waals surface area (Å²) in [5, 5.41) is 4.30. The number of carbonyl (C=O) groups excluding carboxylic acids is 1. The lowest BCUT2D eigenvalue weighted by atomic mass is 10.1. The quantitative estimate of drug-likeness (QED) is 0.627. The fourth-order valence-corrected chi connectivity index (χ4v) is 2.97. The first-order chi connectivity index (χ1) is 13.3. The highest BCUT2D eigenvalue weighted by atomic mass is 19.4. The van der Waals surface area contributed by atoms with Crippen molar-refractivity contribution in [2.75, 3.05) is 7.05 Å². The molecule has 0 aliphatic rings. The molecule has 0 saturated heterocycles. The Bertz CT molecular complexity index is 965. The van der Waals surface area contributed by atoms with Gasteiger partial charge in [0.05, 0.1) is 11.3 Å². The van der Waals surface area contributed by atoms with Gasteiger partial charge in [-0.3, -0.25) is 9.48 Å². The summed E-state index contributed by atoms with van der Waals surface area (Å²) in [5.41, 5.74) is 1.29. The number of alkyl halides is 3. The van der Waals surface area contributed by atoms with Crippen LogP contribution in [0.25, 0.3) is 11.3 Å². The minimum Gasteiger partial charge on any atom is -0.336 e. The van der Waals surface area contributed by atoms with Gasteiger partial charge in [-0.05, 0) is 30.7 Å². The fraction of sp³-hybridized carbons (Fsp3) is 0.238. The SMILES string of the molecule is CCn1nc(C(=O)N(C)Cc2ccccc2)cc1-c1cccc(C(F)(F)F)c1. The first-order valence-electron chi connectivity index (χ1n) is 8.84. The molecule has 0 bridgehead atoms. The molecule has 0 N–H and O–H groups in total. The topological polar surface area (TPSA) is 38.1 Å². The molecule has 28 heavy (non-hydrogen) atoms. The molecule has 0 unspecified atom stereocenters. The zero-order valence-electron chi connectivity index (χ0n) is 15.6. The van der Waals surface area contributed by atoms with Gasteiger partial charge in [0, 0.05) is 25.7 Å². The Morgan fingerprint density at radius 2 is 1.79 bits per heavy atom. The van der Waals surface area contributed by atoms with E-state index in [0.717, 1.165) is 17.7 Å². The Morgan fingerprint density at radius 3 is 2.43 bits per heavy atom. The Labute approximate surface area is 161 Å². The first kappa shape index (κ1) is 19.7. The lowest BCUT2D eigenvalue weighted by molar-refractivity contribution is -0.137. The summed E-state index contributed by atoms with van der Waals surface area (Å²) >= 11 is 0. The van der Waals surface area contributed by atoms with E-state index in [2.05, 4.69) is 5.10 Å².